The number of hydrogen-bond acceptors (Lipinski definition) is 5. The summed E-state index contributed by atoms with van der Waals surface area (Å²) in [5.74, 6) is -0.480. The van der Waals surface area contributed by atoms with Gasteiger partial charge in [-0.3, -0.25) is 4.90 Å². The van der Waals surface area contributed by atoms with E-state index in [4.69, 9.17) is 9.84 Å². The van der Waals surface area contributed by atoms with Crippen molar-refractivity contribution in [3.8, 4) is 5.75 Å². The van der Waals surface area contributed by atoms with Crippen LogP contribution in [0, 0.1) is 0 Å². The molecule has 0 aliphatic rings. The zero-order valence-electron chi connectivity index (χ0n) is 19.5. The van der Waals surface area contributed by atoms with E-state index in [1.54, 1.807) is 12.1 Å². The first-order chi connectivity index (χ1) is 16.4. The lowest BCUT2D eigenvalue weighted by molar-refractivity contribution is -0.139. The number of aliphatic hydroxyl groups is 2. The summed E-state index contributed by atoms with van der Waals surface area (Å²) < 4.78 is 5.19. The van der Waals surface area contributed by atoms with Gasteiger partial charge in [0.05, 0.1) is 12.2 Å². The number of benzene rings is 3. The Balaban J connectivity index is 1.64. The minimum Gasteiger partial charge on any atom is -0.482 e. The van der Waals surface area contributed by atoms with Crippen LogP contribution in [-0.4, -0.2) is 51.9 Å². The predicted octanol–water partition coefficient (Wildman–Crippen LogP) is 4.24. The molecule has 0 aromatic heterocycles. The van der Waals surface area contributed by atoms with Crippen LogP contribution in [0.5, 0.6) is 5.75 Å². The molecule has 6 nitrogen and oxygen atoms in total. The van der Waals surface area contributed by atoms with E-state index in [0.29, 0.717) is 18.8 Å². The maximum Gasteiger partial charge on any atom is 0.341 e. The summed E-state index contributed by atoms with van der Waals surface area (Å²) in [6, 6.07) is 26.7. The molecular formula is C28H33NO5. The van der Waals surface area contributed by atoms with Crippen molar-refractivity contribution in [2.75, 3.05) is 19.7 Å². The summed E-state index contributed by atoms with van der Waals surface area (Å²) in [5.41, 5.74) is 2.82. The van der Waals surface area contributed by atoms with Crippen molar-refractivity contribution in [2.24, 2.45) is 0 Å². The highest BCUT2D eigenvalue weighted by atomic mass is 16.5. The molecule has 0 aliphatic carbocycles. The van der Waals surface area contributed by atoms with Gasteiger partial charge in [0, 0.05) is 19.1 Å². The monoisotopic (exact) mass is 463 g/mol. The molecule has 0 bridgehead atoms. The van der Waals surface area contributed by atoms with Gasteiger partial charge in [0.1, 0.15) is 5.75 Å². The Kier molecular flexibility index (Phi) is 9.64. The highest BCUT2D eigenvalue weighted by Crippen LogP contribution is 2.22. The van der Waals surface area contributed by atoms with E-state index in [1.165, 1.54) is 0 Å². The van der Waals surface area contributed by atoms with E-state index in [0.717, 1.165) is 29.5 Å². The minimum atomic E-state index is -1.01. The summed E-state index contributed by atoms with van der Waals surface area (Å²) >= 11 is 0. The fourth-order valence-corrected chi connectivity index (χ4v) is 3.90. The van der Waals surface area contributed by atoms with Gasteiger partial charge in [-0.1, -0.05) is 72.8 Å². The number of nitrogens with zero attached hydrogens (tertiary/aromatic N) is 1. The first kappa shape index (κ1) is 25.4. The lowest BCUT2D eigenvalue weighted by atomic mass is 10.0. The van der Waals surface area contributed by atoms with Crippen LogP contribution < -0.4 is 4.74 Å². The molecule has 3 aromatic carbocycles. The Morgan fingerprint density at radius 2 is 1.32 bits per heavy atom. The largest absolute Gasteiger partial charge is 0.482 e. The molecule has 180 valence electrons. The van der Waals surface area contributed by atoms with E-state index in [9.17, 15) is 15.0 Å². The summed E-state index contributed by atoms with van der Waals surface area (Å²) in [6.45, 7) is 2.58. The number of aliphatic carboxylic acids is 1. The topological polar surface area (TPSA) is 90.2 Å². The van der Waals surface area contributed by atoms with Gasteiger partial charge >= 0.3 is 5.97 Å². The lowest BCUT2D eigenvalue weighted by Crippen LogP contribution is -2.39. The van der Waals surface area contributed by atoms with E-state index >= 15 is 0 Å². The molecule has 0 aliphatic heterocycles. The third-order valence-electron chi connectivity index (χ3n) is 5.94. The third kappa shape index (κ3) is 7.99. The normalized spacial score (nSPS) is 13.9. The molecule has 3 aromatic rings. The number of ether oxygens (including phenoxy) is 1. The maximum absolute atomic E-state index is 10.8. The third-order valence-corrected chi connectivity index (χ3v) is 5.94. The second-order valence-electron chi connectivity index (χ2n) is 8.52. The molecule has 0 spiro atoms. The van der Waals surface area contributed by atoms with Crippen LogP contribution in [-0.2, 0) is 11.2 Å². The van der Waals surface area contributed by atoms with Gasteiger partial charge in [-0.05, 0) is 48.6 Å². The fraction of sp³-hybridized carbons (Fsp3) is 0.321. The van der Waals surface area contributed by atoms with Crippen LogP contribution in [0.25, 0.3) is 0 Å². The van der Waals surface area contributed by atoms with E-state index in [2.05, 4.69) is 11.8 Å². The van der Waals surface area contributed by atoms with Gasteiger partial charge in [0.2, 0.25) is 0 Å². The van der Waals surface area contributed by atoms with Crippen LogP contribution in [0.2, 0.25) is 0 Å². The van der Waals surface area contributed by atoms with Gasteiger partial charge in [-0.15, -0.1) is 0 Å². The van der Waals surface area contributed by atoms with Crippen LogP contribution in [0.15, 0.2) is 84.9 Å². The molecule has 0 saturated carbocycles. The Morgan fingerprint density at radius 1 is 0.824 bits per heavy atom. The Labute approximate surface area is 201 Å². The summed E-state index contributed by atoms with van der Waals surface area (Å²) in [7, 11) is 0. The smallest absolute Gasteiger partial charge is 0.341 e. The fourth-order valence-electron chi connectivity index (χ4n) is 3.90. The first-order valence-corrected chi connectivity index (χ1v) is 11.6. The Morgan fingerprint density at radius 3 is 1.79 bits per heavy atom. The first-order valence-electron chi connectivity index (χ1n) is 11.6. The van der Waals surface area contributed by atoms with Crippen molar-refractivity contribution in [2.45, 2.75) is 38.0 Å². The number of aryl methyl sites for hydroxylation is 1. The van der Waals surface area contributed by atoms with Crippen molar-refractivity contribution in [1.82, 2.24) is 4.90 Å². The molecule has 0 unspecified atom stereocenters. The van der Waals surface area contributed by atoms with Crippen molar-refractivity contribution < 1.29 is 24.9 Å². The van der Waals surface area contributed by atoms with Crippen molar-refractivity contribution in [1.29, 1.82) is 0 Å². The average Bonchev–Trinajstić information content (AvgIpc) is 2.87. The number of hydrogen-bond donors (Lipinski definition) is 3. The Bertz CT molecular complexity index is 947. The van der Waals surface area contributed by atoms with Gasteiger partial charge < -0.3 is 20.1 Å². The van der Waals surface area contributed by atoms with Gasteiger partial charge in [-0.2, -0.15) is 0 Å². The second kappa shape index (κ2) is 12.9. The van der Waals surface area contributed by atoms with E-state index < -0.39 is 18.2 Å². The number of carboxylic acids is 1. The molecule has 0 heterocycles. The zero-order valence-corrected chi connectivity index (χ0v) is 19.5. The molecule has 3 N–H and O–H groups in total. The molecule has 3 atom stereocenters. The molecule has 0 radical (unpaired) electrons. The Hall–Kier alpha value is -3.19. The van der Waals surface area contributed by atoms with Gasteiger partial charge in [0.15, 0.2) is 6.61 Å². The van der Waals surface area contributed by atoms with Crippen LogP contribution >= 0.6 is 0 Å². The van der Waals surface area contributed by atoms with Crippen molar-refractivity contribution in [3.63, 3.8) is 0 Å². The molecule has 34 heavy (non-hydrogen) atoms. The second-order valence-corrected chi connectivity index (χ2v) is 8.52. The standard InChI is InChI=1S/C28H33NO5/c1-21(12-13-22-14-16-25(17-15-22)34-20-28(32)33)29(18-26(30)23-8-4-2-5-9-23)19-27(31)24-10-6-3-7-11-24/h2-11,14-17,21,26-27,30-31H,12-13,18-20H2,1H3,(H,32,33)/t21-,26+,27+/m1/s1. The highest BCUT2D eigenvalue weighted by molar-refractivity contribution is 5.68. The lowest BCUT2D eigenvalue weighted by Gasteiger charge is -2.33. The minimum absolute atomic E-state index is 0.111. The van der Waals surface area contributed by atoms with Gasteiger partial charge in [-0.25, -0.2) is 4.79 Å². The summed E-state index contributed by atoms with van der Waals surface area (Å²) in [5, 5.41) is 30.4. The zero-order chi connectivity index (χ0) is 24.3. The highest BCUT2D eigenvalue weighted by Gasteiger charge is 2.22. The maximum atomic E-state index is 10.8. The molecule has 6 heteroatoms. The number of carbonyl (C=O) groups is 1. The van der Waals surface area contributed by atoms with Crippen molar-refractivity contribution >= 4 is 5.97 Å². The van der Waals surface area contributed by atoms with Crippen LogP contribution in [0.3, 0.4) is 0 Å². The van der Waals surface area contributed by atoms with E-state index in [1.807, 2.05) is 72.8 Å². The molecular weight excluding hydrogens is 430 g/mol. The summed E-state index contributed by atoms with van der Waals surface area (Å²) in [6.07, 6.45) is 0.326. The molecule has 0 saturated heterocycles. The van der Waals surface area contributed by atoms with Crippen LogP contribution in [0.1, 0.15) is 42.2 Å². The summed E-state index contributed by atoms with van der Waals surface area (Å²) in [4.78, 5) is 12.8. The molecule has 0 fully saturated rings. The van der Waals surface area contributed by atoms with Crippen molar-refractivity contribution in [3.05, 3.63) is 102 Å². The number of rotatable bonds is 13. The molecule has 0 amide bonds. The SMILES string of the molecule is C[C@H](CCc1ccc(OCC(=O)O)cc1)N(C[C@H](O)c1ccccc1)C[C@H](O)c1ccccc1. The predicted molar refractivity (Wildman–Crippen MR) is 132 cm³/mol. The number of carboxylic acid groups (broad SMARTS) is 1. The van der Waals surface area contributed by atoms with Crippen LogP contribution in [0.4, 0.5) is 0 Å². The average molecular weight is 464 g/mol. The van der Waals surface area contributed by atoms with Gasteiger partial charge in [0.25, 0.3) is 0 Å². The van der Waals surface area contributed by atoms with E-state index in [-0.39, 0.29) is 12.6 Å². The quantitative estimate of drug-likeness (QED) is 0.351. The number of aliphatic hydroxyl groups excluding tert-OH is 2. The molecule has 3 rings (SSSR count).